The summed E-state index contributed by atoms with van der Waals surface area (Å²) in [4.78, 5) is 22.8. The standard InChI is InChI=1S/C10H9ClN6O2/c11-7-3-1-6(2-4-7)9-14-16-17(15-9)5-8(18)13-10(12)19/h1-4H,5H2,(H3,12,13,18,19). The fraction of sp³-hybridized carbons (Fsp3) is 0.100. The lowest BCUT2D eigenvalue weighted by Crippen LogP contribution is -2.37. The minimum absolute atomic E-state index is 0.246. The normalized spacial score (nSPS) is 10.2. The van der Waals surface area contributed by atoms with Crippen molar-refractivity contribution in [1.82, 2.24) is 25.5 Å². The molecule has 0 aliphatic heterocycles. The monoisotopic (exact) mass is 280 g/mol. The molecule has 9 heteroatoms. The van der Waals surface area contributed by atoms with Crippen molar-refractivity contribution in [2.24, 2.45) is 5.73 Å². The minimum Gasteiger partial charge on any atom is -0.351 e. The second-order valence-electron chi connectivity index (χ2n) is 3.56. The van der Waals surface area contributed by atoms with Crippen LogP contribution in [0.1, 0.15) is 0 Å². The number of aromatic nitrogens is 4. The van der Waals surface area contributed by atoms with E-state index < -0.39 is 11.9 Å². The number of amides is 3. The highest BCUT2D eigenvalue weighted by molar-refractivity contribution is 6.30. The quantitative estimate of drug-likeness (QED) is 0.832. The zero-order chi connectivity index (χ0) is 13.8. The van der Waals surface area contributed by atoms with E-state index in [1.165, 1.54) is 0 Å². The van der Waals surface area contributed by atoms with Gasteiger partial charge in [0.1, 0.15) is 6.54 Å². The third-order valence-electron chi connectivity index (χ3n) is 2.10. The molecule has 0 atom stereocenters. The van der Waals surface area contributed by atoms with Gasteiger partial charge in [-0.15, -0.1) is 10.2 Å². The summed E-state index contributed by atoms with van der Waals surface area (Å²) in [7, 11) is 0. The highest BCUT2D eigenvalue weighted by Crippen LogP contribution is 2.16. The molecule has 0 fully saturated rings. The molecule has 0 aliphatic rings. The second-order valence-corrected chi connectivity index (χ2v) is 4.00. The van der Waals surface area contributed by atoms with Crippen molar-refractivity contribution in [2.45, 2.75) is 6.54 Å². The fourth-order valence-electron chi connectivity index (χ4n) is 1.33. The molecule has 3 N–H and O–H groups in total. The predicted octanol–water partition coefficient (Wildman–Crippen LogP) is 0.188. The van der Waals surface area contributed by atoms with Crippen LogP contribution in [0.5, 0.6) is 0 Å². The number of carbonyl (C=O) groups excluding carboxylic acids is 2. The summed E-state index contributed by atoms with van der Waals surface area (Å²) < 4.78 is 0. The third kappa shape index (κ3) is 3.49. The Balaban J connectivity index is 2.09. The molecular weight excluding hydrogens is 272 g/mol. The van der Waals surface area contributed by atoms with Crippen LogP contribution in [0.15, 0.2) is 24.3 Å². The summed E-state index contributed by atoms with van der Waals surface area (Å²) in [5, 5.41) is 14.0. The maximum atomic E-state index is 11.3. The predicted molar refractivity (Wildman–Crippen MR) is 66.0 cm³/mol. The number of tetrazole rings is 1. The van der Waals surface area contributed by atoms with E-state index in [9.17, 15) is 9.59 Å². The summed E-state index contributed by atoms with van der Waals surface area (Å²) in [5.41, 5.74) is 5.52. The number of primary amides is 1. The highest BCUT2D eigenvalue weighted by atomic mass is 35.5. The van der Waals surface area contributed by atoms with Gasteiger partial charge < -0.3 is 5.73 Å². The molecule has 1 aromatic carbocycles. The van der Waals surface area contributed by atoms with E-state index in [4.69, 9.17) is 17.3 Å². The fourth-order valence-corrected chi connectivity index (χ4v) is 1.46. The number of hydrogen-bond acceptors (Lipinski definition) is 5. The lowest BCUT2D eigenvalue weighted by atomic mass is 10.2. The van der Waals surface area contributed by atoms with Crippen molar-refractivity contribution in [1.29, 1.82) is 0 Å². The van der Waals surface area contributed by atoms with Gasteiger partial charge in [-0.05, 0) is 29.5 Å². The number of imide groups is 1. The van der Waals surface area contributed by atoms with Crippen LogP contribution in [0.3, 0.4) is 0 Å². The van der Waals surface area contributed by atoms with Crippen LogP contribution < -0.4 is 11.1 Å². The van der Waals surface area contributed by atoms with Crippen molar-refractivity contribution in [3.63, 3.8) is 0 Å². The lowest BCUT2D eigenvalue weighted by Gasteiger charge is -1.98. The average molecular weight is 281 g/mol. The first kappa shape index (κ1) is 13.0. The Morgan fingerprint density at radius 2 is 2.00 bits per heavy atom. The maximum absolute atomic E-state index is 11.3. The van der Waals surface area contributed by atoms with Gasteiger partial charge in [0.25, 0.3) is 5.91 Å². The summed E-state index contributed by atoms with van der Waals surface area (Å²) in [6.07, 6.45) is 0. The van der Waals surface area contributed by atoms with E-state index in [-0.39, 0.29) is 6.54 Å². The smallest absolute Gasteiger partial charge is 0.318 e. The number of nitrogens with one attached hydrogen (secondary N) is 1. The van der Waals surface area contributed by atoms with Gasteiger partial charge in [0, 0.05) is 10.6 Å². The number of urea groups is 1. The molecule has 0 unspecified atom stereocenters. The van der Waals surface area contributed by atoms with Crippen LogP contribution in [0, 0.1) is 0 Å². The molecule has 1 aromatic heterocycles. The molecule has 0 radical (unpaired) electrons. The van der Waals surface area contributed by atoms with Gasteiger partial charge >= 0.3 is 6.03 Å². The molecule has 0 bridgehead atoms. The number of rotatable bonds is 3. The minimum atomic E-state index is -0.928. The number of nitrogens with two attached hydrogens (primary N) is 1. The van der Waals surface area contributed by atoms with E-state index in [2.05, 4.69) is 15.4 Å². The Morgan fingerprint density at radius 1 is 1.32 bits per heavy atom. The molecule has 0 aliphatic carbocycles. The van der Waals surface area contributed by atoms with E-state index in [0.29, 0.717) is 16.4 Å². The molecule has 2 aromatic rings. The van der Waals surface area contributed by atoms with Gasteiger partial charge in [0.15, 0.2) is 0 Å². The van der Waals surface area contributed by atoms with E-state index >= 15 is 0 Å². The Kier molecular flexibility index (Phi) is 3.71. The first-order valence-corrected chi connectivity index (χ1v) is 5.55. The molecule has 0 saturated carbocycles. The largest absolute Gasteiger partial charge is 0.351 e. The first-order valence-electron chi connectivity index (χ1n) is 5.17. The molecule has 19 heavy (non-hydrogen) atoms. The Morgan fingerprint density at radius 3 is 2.63 bits per heavy atom. The SMILES string of the molecule is NC(=O)NC(=O)Cn1nnc(-c2ccc(Cl)cc2)n1. The molecular formula is C10H9ClN6O2. The first-order chi connectivity index (χ1) is 9.04. The summed E-state index contributed by atoms with van der Waals surface area (Å²) >= 11 is 5.76. The Bertz CT molecular complexity index is 609. The molecule has 98 valence electrons. The van der Waals surface area contributed by atoms with Crippen molar-refractivity contribution in [3.05, 3.63) is 29.3 Å². The van der Waals surface area contributed by atoms with Gasteiger partial charge in [-0.2, -0.15) is 4.80 Å². The van der Waals surface area contributed by atoms with Crippen LogP contribution in [-0.4, -0.2) is 32.1 Å². The molecule has 3 amide bonds. The number of hydrogen-bond donors (Lipinski definition) is 2. The summed E-state index contributed by atoms with van der Waals surface area (Å²) in [5.74, 6) is -0.268. The number of benzene rings is 1. The van der Waals surface area contributed by atoms with Gasteiger partial charge in [0.05, 0.1) is 0 Å². The molecule has 0 spiro atoms. The number of halogens is 1. The van der Waals surface area contributed by atoms with Gasteiger partial charge in [-0.3, -0.25) is 10.1 Å². The van der Waals surface area contributed by atoms with Crippen molar-refractivity contribution < 1.29 is 9.59 Å². The maximum Gasteiger partial charge on any atom is 0.318 e. The van der Waals surface area contributed by atoms with Crippen LogP contribution in [0.25, 0.3) is 11.4 Å². The van der Waals surface area contributed by atoms with E-state index in [1.807, 2.05) is 5.32 Å². The van der Waals surface area contributed by atoms with Crippen LogP contribution in [0.2, 0.25) is 5.02 Å². The Labute approximate surface area is 112 Å². The Hall–Kier alpha value is -2.48. The highest BCUT2D eigenvalue weighted by Gasteiger charge is 2.10. The number of carbonyl (C=O) groups is 2. The second kappa shape index (κ2) is 5.44. The zero-order valence-electron chi connectivity index (χ0n) is 9.58. The molecule has 8 nitrogen and oxygen atoms in total. The van der Waals surface area contributed by atoms with Gasteiger partial charge in [0.2, 0.25) is 5.82 Å². The van der Waals surface area contributed by atoms with E-state index in [1.54, 1.807) is 24.3 Å². The third-order valence-corrected chi connectivity index (χ3v) is 2.35. The molecule has 1 heterocycles. The van der Waals surface area contributed by atoms with Crippen molar-refractivity contribution in [3.8, 4) is 11.4 Å². The van der Waals surface area contributed by atoms with E-state index in [0.717, 1.165) is 4.80 Å². The molecule has 0 saturated heterocycles. The summed E-state index contributed by atoms with van der Waals surface area (Å²) in [6.45, 7) is -0.246. The number of nitrogens with zero attached hydrogens (tertiary/aromatic N) is 4. The van der Waals surface area contributed by atoms with Crippen LogP contribution in [-0.2, 0) is 11.3 Å². The average Bonchev–Trinajstić information content (AvgIpc) is 2.77. The zero-order valence-corrected chi connectivity index (χ0v) is 10.3. The van der Waals surface area contributed by atoms with Crippen LogP contribution >= 0.6 is 11.6 Å². The van der Waals surface area contributed by atoms with Gasteiger partial charge in [-0.25, -0.2) is 4.79 Å². The summed E-state index contributed by atoms with van der Waals surface area (Å²) in [6, 6.07) is 5.91. The van der Waals surface area contributed by atoms with Crippen molar-refractivity contribution >= 4 is 23.5 Å². The van der Waals surface area contributed by atoms with Crippen LogP contribution in [0.4, 0.5) is 4.79 Å². The van der Waals surface area contributed by atoms with Crippen molar-refractivity contribution in [2.75, 3.05) is 0 Å². The van der Waals surface area contributed by atoms with Gasteiger partial charge in [-0.1, -0.05) is 11.6 Å². The topological polar surface area (TPSA) is 116 Å². The molecule has 2 rings (SSSR count). The lowest BCUT2D eigenvalue weighted by molar-refractivity contribution is -0.120.